The molecule has 0 aliphatic heterocycles. The van der Waals surface area contributed by atoms with E-state index >= 15 is 0 Å². The van der Waals surface area contributed by atoms with Crippen LogP contribution in [0.2, 0.25) is 5.02 Å². The lowest BCUT2D eigenvalue weighted by Gasteiger charge is -2.10. The fourth-order valence-electron chi connectivity index (χ4n) is 2.75. The van der Waals surface area contributed by atoms with Gasteiger partial charge in [0.15, 0.2) is 11.5 Å². The molecule has 8 heteroatoms. The number of rotatable bonds is 6. The molecule has 4 rings (SSSR count). The van der Waals surface area contributed by atoms with E-state index in [1.54, 1.807) is 27.6 Å². The first-order chi connectivity index (χ1) is 13.2. The van der Waals surface area contributed by atoms with Crippen LogP contribution in [0.4, 0.5) is 0 Å². The zero-order chi connectivity index (χ0) is 18.6. The summed E-state index contributed by atoms with van der Waals surface area (Å²) >= 11 is 6.27. The molecule has 136 valence electrons. The Kier molecular flexibility index (Phi) is 4.76. The van der Waals surface area contributed by atoms with Crippen molar-refractivity contribution in [2.45, 2.75) is 13.1 Å². The summed E-state index contributed by atoms with van der Waals surface area (Å²) in [4.78, 5) is 12.7. The van der Waals surface area contributed by atoms with Crippen LogP contribution in [0.1, 0.15) is 21.8 Å². The van der Waals surface area contributed by atoms with Crippen LogP contribution < -0.4 is 5.32 Å². The number of carbonyl (C=O) groups excluding carboxylic acids is 1. The van der Waals surface area contributed by atoms with Crippen molar-refractivity contribution < 1.29 is 9.21 Å². The zero-order valence-electron chi connectivity index (χ0n) is 14.2. The second-order valence-electron chi connectivity index (χ2n) is 5.86. The summed E-state index contributed by atoms with van der Waals surface area (Å²) in [7, 11) is 0. The molecule has 3 aromatic heterocycles. The van der Waals surface area contributed by atoms with Crippen molar-refractivity contribution in [3.05, 3.63) is 89.2 Å². The topological polar surface area (TPSA) is 77.9 Å². The zero-order valence-corrected chi connectivity index (χ0v) is 15.0. The van der Waals surface area contributed by atoms with Crippen molar-refractivity contribution in [1.29, 1.82) is 0 Å². The molecule has 0 atom stereocenters. The molecule has 0 saturated carbocycles. The van der Waals surface area contributed by atoms with E-state index in [4.69, 9.17) is 16.0 Å². The van der Waals surface area contributed by atoms with Gasteiger partial charge in [-0.15, -0.1) is 5.10 Å². The normalized spacial score (nSPS) is 10.9. The van der Waals surface area contributed by atoms with Gasteiger partial charge in [0.1, 0.15) is 5.76 Å². The lowest BCUT2D eigenvalue weighted by atomic mass is 10.2. The molecule has 0 bridgehead atoms. The van der Waals surface area contributed by atoms with Crippen LogP contribution >= 0.6 is 11.6 Å². The Labute approximate surface area is 160 Å². The molecule has 0 radical (unpaired) electrons. The van der Waals surface area contributed by atoms with Gasteiger partial charge >= 0.3 is 0 Å². The Morgan fingerprint density at radius 2 is 1.93 bits per heavy atom. The Bertz CT molecular complexity index is 1040. The molecule has 7 nitrogen and oxygen atoms in total. The van der Waals surface area contributed by atoms with Crippen molar-refractivity contribution >= 4 is 17.5 Å². The highest BCUT2D eigenvalue weighted by Gasteiger charge is 2.21. The summed E-state index contributed by atoms with van der Waals surface area (Å²) in [6.07, 6.45) is 5.24. The van der Waals surface area contributed by atoms with Crippen LogP contribution in [0.5, 0.6) is 0 Å². The maximum Gasteiger partial charge on any atom is 0.276 e. The summed E-state index contributed by atoms with van der Waals surface area (Å²) in [6, 6.07) is 14.8. The number of carbonyl (C=O) groups is 1. The molecule has 1 amide bonds. The fraction of sp³-hybridized carbons (Fsp3) is 0.105. The van der Waals surface area contributed by atoms with Crippen molar-refractivity contribution in [3.63, 3.8) is 0 Å². The van der Waals surface area contributed by atoms with E-state index in [0.717, 1.165) is 5.56 Å². The molecule has 4 aromatic rings. The third-order valence-corrected chi connectivity index (χ3v) is 4.42. The number of benzene rings is 1. The van der Waals surface area contributed by atoms with Gasteiger partial charge in [0.2, 0.25) is 0 Å². The van der Waals surface area contributed by atoms with Crippen LogP contribution in [0.25, 0.3) is 5.82 Å². The van der Waals surface area contributed by atoms with E-state index in [-0.39, 0.29) is 18.1 Å². The van der Waals surface area contributed by atoms with Gasteiger partial charge in [-0.05, 0) is 35.9 Å². The molecule has 0 aliphatic rings. The van der Waals surface area contributed by atoms with E-state index in [0.29, 0.717) is 23.1 Å². The lowest BCUT2D eigenvalue weighted by molar-refractivity contribution is 0.0943. The standard InChI is InChI=1S/C19H16ClN5O2/c20-16-8-2-1-6-14(16)13-25-19(24-9-3-4-10-24)17(22-23-25)18(26)21-12-15-7-5-11-27-15/h1-11H,12-13H2,(H,21,26). The molecule has 0 spiro atoms. The summed E-state index contributed by atoms with van der Waals surface area (Å²) in [6.45, 7) is 0.667. The molecular formula is C19H16ClN5O2. The monoisotopic (exact) mass is 381 g/mol. The number of amides is 1. The maximum atomic E-state index is 12.7. The minimum absolute atomic E-state index is 0.227. The molecule has 3 heterocycles. The molecule has 0 saturated heterocycles. The number of aromatic nitrogens is 4. The van der Waals surface area contributed by atoms with Crippen LogP contribution in [0, 0.1) is 0 Å². The van der Waals surface area contributed by atoms with Crippen molar-refractivity contribution in [2.24, 2.45) is 0 Å². The predicted molar refractivity (Wildman–Crippen MR) is 99.8 cm³/mol. The van der Waals surface area contributed by atoms with E-state index < -0.39 is 0 Å². The smallest absolute Gasteiger partial charge is 0.276 e. The Balaban J connectivity index is 1.65. The highest BCUT2D eigenvalue weighted by molar-refractivity contribution is 6.31. The van der Waals surface area contributed by atoms with Crippen molar-refractivity contribution in [1.82, 2.24) is 24.9 Å². The van der Waals surface area contributed by atoms with Gasteiger partial charge in [-0.25, -0.2) is 4.68 Å². The van der Waals surface area contributed by atoms with Crippen molar-refractivity contribution in [2.75, 3.05) is 0 Å². The lowest BCUT2D eigenvalue weighted by Crippen LogP contribution is -2.24. The second-order valence-corrected chi connectivity index (χ2v) is 6.27. The van der Waals surface area contributed by atoms with Crippen LogP contribution in [-0.2, 0) is 13.1 Å². The van der Waals surface area contributed by atoms with Gasteiger partial charge in [0.05, 0.1) is 19.4 Å². The van der Waals surface area contributed by atoms with Crippen LogP contribution in [0.3, 0.4) is 0 Å². The Hall–Kier alpha value is -3.32. The summed E-state index contributed by atoms with van der Waals surface area (Å²) in [5.74, 6) is 0.895. The Morgan fingerprint density at radius 3 is 2.67 bits per heavy atom. The minimum Gasteiger partial charge on any atom is -0.467 e. The van der Waals surface area contributed by atoms with Gasteiger partial charge < -0.3 is 14.3 Å². The molecule has 1 aromatic carbocycles. The van der Waals surface area contributed by atoms with E-state index in [1.165, 1.54) is 0 Å². The Morgan fingerprint density at radius 1 is 1.11 bits per heavy atom. The third kappa shape index (κ3) is 3.63. The first-order valence-electron chi connectivity index (χ1n) is 8.33. The fourth-order valence-corrected chi connectivity index (χ4v) is 2.94. The van der Waals surface area contributed by atoms with E-state index in [9.17, 15) is 4.79 Å². The molecular weight excluding hydrogens is 366 g/mol. The highest BCUT2D eigenvalue weighted by atomic mass is 35.5. The first-order valence-corrected chi connectivity index (χ1v) is 8.71. The average molecular weight is 382 g/mol. The number of nitrogens with one attached hydrogen (secondary N) is 1. The average Bonchev–Trinajstić information content (AvgIpc) is 3.43. The highest BCUT2D eigenvalue weighted by Crippen LogP contribution is 2.19. The van der Waals surface area contributed by atoms with Crippen LogP contribution in [-0.4, -0.2) is 25.5 Å². The van der Waals surface area contributed by atoms with Gasteiger partial charge in [-0.1, -0.05) is 35.0 Å². The second kappa shape index (κ2) is 7.51. The molecule has 0 aliphatic carbocycles. The maximum absolute atomic E-state index is 12.7. The largest absolute Gasteiger partial charge is 0.467 e. The summed E-state index contributed by atoms with van der Waals surface area (Å²) in [5, 5.41) is 11.7. The molecule has 0 fully saturated rings. The quantitative estimate of drug-likeness (QED) is 0.556. The molecule has 1 N–H and O–H groups in total. The molecule has 0 unspecified atom stereocenters. The van der Waals surface area contributed by atoms with Gasteiger partial charge in [0, 0.05) is 17.4 Å². The molecule has 27 heavy (non-hydrogen) atoms. The van der Waals surface area contributed by atoms with Crippen LogP contribution in [0.15, 0.2) is 71.6 Å². The van der Waals surface area contributed by atoms with Gasteiger partial charge in [-0.3, -0.25) is 4.79 Å². The van der Waals surface area contributed by atoms with E-state index in [1.807, 2.05) is 48.8 Å². The third-order valence-electron chi connectivity index (χ3n) is 4.05. The number of hydrogen-bond donors (Lipinski definition) is 1. The van der Waals surface area contributed by atoms with Crippen molar-refractivity contribution in [3.8, 4) is 5.82 Å². The van der Waals surface area contributed by atoms with E-state index in [2.05, 4.69) is 15.6 Å². The predicted octanol–water partition coefficient (Wildman–Crippen LogP) is 3.29. The minimum atomic E-state index is -0.333. The number of hydrogen-bond acceptors (Lipinski definition) is 4. The van der Waals surface area contributed by atoms with Gasteiger partial charge in [0.25, 0.3) is 5.91 Å². The summed E-state index contributed by atoms with van der Waals surface area (Å²) in [5.41, 5.74) is 1.12. The number of nitrogens with zero attached hydrogens (tertiary/aromatic N) is 4. The summed E-state index contributed by atoms with van der Waals surface area (Å²) < 4.78 is 8.70. The first kappa shape index (κ1) is 17.1. The number of furan rings is 1. The van der Waals surface area contributed by atoms with Gasteiger partial charge in [-0.2, -0.15) is 0 Å². The number of halogens is 1. The SMILES string of the molecule is O=C(NCc1ccco1)c1nnn(Cc2ccccc2Cl)c1-n1cccc1.